The molecule has 0 saturated carbocycles. The first-order chi connectivity index (χ1) is 9.14. The fourth-order valence-corrected chi connectivity index (χ4v) is 1.22. The monoisotopic (exact) mass is 303 g/mol. The second-order valence-electron chi connectivity index (χ2n) is 3.41. The van der Waals surface area contributed by atoms with Crippen molar-refractivity contribution >= 4 is 5.97 Å². The van der Waals surface area contributed by atoms with Gasteiger partial charge in [-0.15, -0.1) is 13.2 Å². The Morgan fingerprint density at radius 2 is 2.00 bits per heavy atom. The maximum absolute atomic E-state index is 13.5. The van der Waals surface area contributed by atoms with Gasteiger partial charge in [-0.25, -0.2) is 18.2 Å². The van der Waals surface area contributed by atoms with E-state index in [2.05, 4.69) is 14.5 Å². The quantitative estimate of drug-likeness (QED) is 0.634. The van der Waals surface area contributed by atoms with Crippen molar-refractivity contribution in [2.45, 2.75) is 19.2 Å². The Morgan fingerprint density at radius 1 is 1.40 bits per heavy atom. The van der Waals surface area contributed by atoms with Crippen LogP contribution in [0.3, 0.4) is 0 Å². The van der Waals surface area contributed by atoms with Crippen LogP contribution < -0.4 is 4.74 Å². The molecule has 0 aliphatic heterocycles. The molecule has 0 spiro atoms. The van der Waals surface area contributed by atoms with Gasteiger partial charge >= 0.3 is 12.3 Å². The molecule has 0 fully saturated rings. The predicted molar refractivity (Wildman–Crippen MR) is 51.6 cm³/mol. The molecule has 0 unspecified atom stereocenters. The molecular weight excluding hydrogens is 296 g/mol. The Labute approximate surface area is 108 Å². The number of rotatable bonds is 4. The van der Waals surface area contributed by atoms with Crippen LogP contribution in [0.4, 0.5) is 26.3 Å². The zero-order chi connectivity index (χ0) is 15.5. The molecule has 0 aromatic carbocycles. The number of halogens is 6. The largest absolute Gasteiger partial charge is 0.574 e. The highest BCUT2D eigenvalue weighted by Crippen LogP contribution is 2.30. The summed E-state index contributed by atoms with van der Waals surface area (Å²) in [6, 6.07) is 0.228. The van der Waals surface area contributed by atoms with Gasteiger partial charge in [0.05, 0.1) is 19.1 Å². The molecule has 1 heterocycles. The van der Waals surface area contributed by atoms with E-state index >= 15 is 0 Å². The molecule has 0 amide bonds. The van der Waals surface area contributed by atoms with Crippen LogP contribution in [0.15, 0.2) is 6.07 Å². The molecule has 10 heteroatoms. The zero-order valence-corrected chi connectivity index (χ0v) is 9.80. The Kier molecular flexibility index (Phi) is 4.79. The van der Waals surface area contributed by atoms with Crippen LogP contribution >= 0.6 is 0 Å². The lowest BCUT2D eigenvalue weighted by Gasteiger charge is -2.13. The van der Waals surface area contributed by atoms with Crippen molar-refractivity contribution in [3.8, 4) is 5.88 Å². The number of carbonyl (C=O) groups excluding carboxylic acids is 1. The van der Waals surface area contributed by atoms with E-state index in [4.69, 9.17) is 0 Å². The van der Waals surface area contributed by atoms with E-state index in [-0.39, 0.29) is 6.07 Å². The van der Waals surface area contributed by atoms with E-state index in [1.54, 1.807) is 0 Å². The van der Waals surface area contributed by atoms with E-state index in [0.29, 0.717) is 0 Å². The number of methoxy groups -OCH3 is 1. The second kappa shape index (κ2) is 5.97. The normalized spacial score (nSPS) is 11.6. The number of hydrogen-bond donors (Lipinski definition) is 0. The highest BCUT2D eigenvalue weighted by atomic mass is 19.4. The minimum absolute atomic E-state index is 0.228. The number of ether oxygens (including phenoxy) is 2. The minimum atomic E-state index is -5.27. The maximum Gasteiger partial charge on any atom is 0.574 e. The SMILES string of the molecule is COC(=O)Cc1c(F)cc(C(F)F)nc1OC(F)(F)F. The molecule has 1 rings (SSSR count). The Bertz CT molecular complexity index is 503. The molecule has 20 heavy (non-hydrogen) atoms. The molecule has 0 atom stereocenters. The van der Waals surface area contributed by atoms with E-state index in [1.807, 2.05) is 0 Å². The summed E-state index contributed by atoms with van der Waals surface area (Å²) in [4.78, 5) is 13.8. The number of aromatic nitrogens is 1. The van der Waals surface area contributed by atoms with Gasteiger partial charge in [0.15, 0.2) is 0 Å². The van der Waals surface area contributed by atoms with Crippen molar-refractivity contribution in [3.63, 3.8) is 0 Å². The van der Waals surface area contributed by atoms with E-state index in [0.717, 1.165) is 7.11 Å². The smallest absolute Gasteiger partial charge is 0.469 e. The second-order valence-corrected chi connectivity index (χ2v) is 3.41. The van der Waals surface area contributed by atoms with Gasteiger partial charge in [-0.1, -0.05) is 0 Å². The summed E-state index contributed by atoms with van der Waals surface area (Å²) in [5.74, 6) is -4.00. The van der Waals surface area contributed by atoms with Gasteiger partial charge in [-0.2, -0.15) is 0 Å². The number of hydrogen-bond acceptors (Lipinski definition) is 4. The van der Waals surface area contributed by atoms with Crippen LogP contribution in [0.2, 0.25) is 0 Å². The summed E-state index contributed by atoms with van der Waals surface area (Å²) in [7, 11) is 0.922. The first-order valence-corrected chi connectivity index (χ1v) is 4.94. The van der Waals surface area contributed by atoms with Crippen molar-refractivity contribution in [3.05, 3.63) is 23.1 Å². The Balaban J connectivity index is 3.28. The molecular formula is C10H7F6NO3. The lowest BCUT2D eigenvalue weighted by molar-refractivity contribution is -0.276. The fourth-order valence-electron chi connectivity index (χ4n) is 1.22. The van der Waals surface area contributed by atoms with Crippen LogP contribution in [0, 0.1) is 5.82 Å². The third-order valence-electron chi connectivity index (χ3n) is 2.04. The van der Waals surface area contributed by atoms with Gasteiger partial charge in [-0.3, -0.25) is 4.79 Å². The summed E-state index contributed by atoms with van der Waals surface area (Å²) in [6.45, 7) is 0. The molecule has 0 radical (unpaired) electrons. The van der Waals surface area contributed by atoms with Gasteiger partial charge in [0.25, 0.3) is 6.43 Å². The molecule has 0 bridgehead atoms. The highest BCUT2D eigenvalue weighted by Gasteiger charge is 2.34. The molecule has 112 valence electrons. The molecule has 0 N–H and O–H groups in total. The summed E-state index contributed by atoms with van der Waals surface area (Å²) >= 11 is 0. The molecule has 0 aliphatic carbocycles. The molecule has 1 aromatic heterocycles. The van der Waals surface area contributed by atoms with Crippen LogP contribution in [-0.4, -0.2) is 24.4 Å². The number of nitrogens with zero attached hydrogens (tertiary/aromatic N) is 1. The summed E-state index contributed by atoms with van der Waals surface area (Å²) in [5.41, 5.74) is -2.16. The van der Waals surface area contributed by atoms with Gasteiger partial charge < -0.3 is 9.47 Å². The van der Waals surface area contributed by atoms with E-state index in [1.165, 1.54) is 0 Å². The summed E-state index contributed by atoms with van der Waals surface area (Å²) in [6.07, 6.45) is -9.51. The average molecular weight is 303 g/mol. The lowest BCUT2D eigenvalue weighted by Crippen LogP contribution is -2.21. The van der Waals surface area contributed by atoms with Gasteiger partial charge in [0.1, 0.15) is 11.5 Å². The predicted octanol–water partition coefficient (Wildman–Crippen LogP) is 2.77. The van der Waals surface area contributed by atoms with Crippen molar-refractivity contribution in [2.75, 3.05) is 7.11 Å². The number of carbonyl (C=O) groups is 1. The van der Waals surface area contributed by atoms with Crippen molar-refractivity contribution in [1.29, 1.82) is 0 Å². The first-order valence-electron chi connectivity index (χ1n) is 4.94. The fraction of sp³-hybridized carbons (Fsp3) is 0.400. The molecule has 4 nitrogen and oxygen atoms in total. The van der Waals surface area contributed by atoms with Crippen molar-refractivity contribution in [2.24, 2.45) is 0 Å². The van der Waals surface area contributed by atoms with Gasteiger partial charge in [0, 0.05) is 6.07 Å². The maximum atomic E-state index is 13.5. The first kappa shape index (κ1) is 16.1. The van der Waals surface area contributed by atoms with Gasteiger partial charge in [-0.05, 0) is 0 Å². The van der Waals surface area contributed by atoms with E-state index in [9.17, 15) is 31.1 Å². The minimum Gasteiger partial charge on any atom is -0.469 e. The van der Waals surface area contributed by atoms with Crippen LogP contribution in [0.25, 0.3) is 0 Å². The third-order valence-corrected chi connectivity index (χ3v) is 2.04. The van der Waals surface area contributed by atoms with Crippen molar-refractivity contribution < 1.29 is 40.6 Å². The van der Waals surface area contributed by atoms with Crippen molar-refractivity contribution in [1.82, 2.24) is 4.98 Å². The number of alkyl halides is 5. The Hall–Kier alpha value is -2.00. The molecule has 0 saturated heterocycles. The van der Waals surface area contributed by atoms with Crippen LogP contribution in [-0.2, 0) is 16.0 Å². The van der Waals surface area contributed by atoms with Crippen LogP contribution in [0.5, 0.6) is 5.88 Å². The third kappa shape index (κ3) is 4.28. The number of pyridine rings is 1. The van der Waals surface area contributed by atoms with Crippen LogP contribution in [0.1, 0.15) is 17.7 Å². The Morgan fingerprint density at radius 3 is 2.45 bits per heavy atom. The molecule has 1 aromatic rings. The standard InChI is InChI=1S/C10H7F6NO3/c1-19-7(18)2-4-5(11)3-6(8(12)13)17-9(4)20-10(14,15)16/h3,8H,2H2,1H3. The van der Waals surface area contributed by atoms with E-state index < -0.39 is 48.1 Å². The topological polar surface area (TPSA) is 48.4 Å². The summed E-state index contributed by atoms with van der Waals surface area (Å²) < 4.78 is 82.1. The lowest BCUT2D eigenvalue weighted by atomic mass is 10.1. The van der Waals surface area contributed by atoms with Gasteiger partial charge in [0.2, 0.25) is 5.88 Å². The number of esters is 1. The highest BCUT2D eigenvalue weighted by molar-refractivity contribution is 5.73. The average Bonchev–Trinajstić information content (AvgIpc) is 2.30. The zero-order valence-electron chi connectivity index (χ0n) is 9.80. The molecule has 0 aliphatic rings. The summed E-state index contributed by atoms with van der Waals surface area (Å²) in [5, 5.41) is 0.